The second-order valence-electron chi connectivity index (χ2n) is 4.95. The zero-order valence-electron chi connectivity index (χ0n) is 11.5. The van der Waals surface area contributed by atoms with Crippen molar-refractivity contribution in [3.8, 4) is 0 Å². The summed E-state index contributed by atoms with van der Waals surface area (Å²) in [4.78, 5) is 11.0. The number of carboxylic acid groups (broad SMARTS) is 1. The fraction of sp³-hybridized carbons (Fsp3) is 0.923. The van der Waals surface area contributed by atoms with E-state index in [2.05, 4.69) is 19.2 Å². The van der Waals surface area contributed by atoms with Crippen LogP contribution in [0.5, 0.6) is 0 Å². The van der Waals surface area contributed by atoms with Crippen molar-refractivity contribution >= 4 is 5.97 Å². The molecular weight excluding hydrogens is 218 g/mol. The zero-order valence-corrected chi connectivity index (χ0v) is 11.5. The Labute approximate surface area is 105 Å². The molecule has 2 atom stereocenters. The molecule has 0 aliphatic heterocycles. The van der Waals surface area contributed by atoms with Crippen LogP contribution in [0.15, 0.2) is 0 Å². The highest BCUT2D eigenvalue weighted by Gasteiger charge is 2.22. The Morgan fingerprint density at radius 1 is 1.29 bits per heavy atom. The van der Waals surface area contributed by atoms with Crippen LogP contribution in [0.1, 0.15) is 40.5 Å². The van der Waals surface area contributed by atoms with Crippen LogP contribution >= 0.6 is 0 Å². The monoisotopic (exact) mass is 245 g/mol. The average molecular weight is 245 g/mol. The Morgan fingerprint density at radius 2 is 1.94 bits per heavy atom. The molecule has 0 heterocycles. The van der Waals surface area contributed by atoms with Gasteiger partial charge in [0.05, 0.1) is 6.61 Å². The van der Waals surface area contributed by atoms with Crippen molar-refractivity contribution in [2.24, 2.45) is 11.8 Å². The molecule has 0 unspecified atom stereocenters. The van der Waals surface area contributed by atoms with Crippen molar-refractivity contribution in [2.45, 2.75) is 46.6 Å². The molecule has 102 valence electrons. The Hall–Kier alpha value is -0.610. The van der Waals surface area contributed by atoms with Crippen molar-refractivity contribution in [3.63, 3.8) is 0 Å². The van der Waals surface area contributed by atoms with Gasteiger partial charge in [-0.25, -0.2) is 0 Å². The number of rotatable bonds is 10. The molecule has 0 saturated heterocycles. The number of nitrogens with one attached hydrogen (secondary N) is 1. The zero-order chi connectivity index (χ0) is 13.3. The number of carboxylic acids is 1. The van der Waals surface area contributed by atoms with Crippen LogP contribution in [0.4, 0.5) is 0 Å². The van der Waals surface area contributed by atoms with E-state index in [4.69, 9.17) is 9.84 Å². The quantitative estimate of drug-likeness (QED) is 0.579. The van der Waals surface area contributed by atoms with E-state index >= 15 is 0 Å². The first kappa shape index (κ1) is 16.4. The summed E-state index contributed by atoms with van der Waals surface area (Å²) in [6.07, 6.45) is 1.91. The maximum Gasteiger partial charge on any atom is 0.320 e. The molecule has 0 aromatic carbocycles. The molecule has 17 heavy (non-hydrogen) atoms. The molecule has 0 aliphatic carbocycles. The first-order chi connectivity index (χ1) is 7.99. The van der Waals surface area contributed by atoms with Crippen LogP contribution in [0.3, 0.4) is 0 Å². The van der Waals surface area contributed by atoms with Gasteiger partial charge in [-0.3, -0.25) is 4.79 Å². The predicted molar refractivity (Wildman–Crippen MR) is 69.2 cm³/mol. The van der Waals surface area contributed by atoms with Gasteiger partial charge in [0.1, 0.15) is 6.04 Å². The van der Waals surface area contributed by atoms with E-state index in [0.717, 1.165) is 19.4 Å². The lowest BCUT2D eigenvalue weighted by Gasteiger charge is -2.20. The summed E-state index contributed by atoms with van der Waals surface area (Å²) >= 11 is 0. The number of ether oxygens (including phenoxy) is 1. The van der Waals surface area contributed by atoms with Crippen molar-refractivity contribution in [1.82, 2.24) is 5.32 Å². The summed E-state index contributed by atoms with van der Waals surface area (Å²) in [5.41, 5.74) is 0. The van der Waals surface area contributed by atoms with E-state index in [1.54, 1.807) is 0 Å². The SMILES string of the molecule is CC[C@H](C)[C@H](NCCOCCC(C)C)C(=O)O. The molecule has 0 radical (unpaired) electrons. The smallest absolute Gasteiger partial charge is 0.320 e. The Morgan fingerprint density at radius 3 is 2.41 bits per heavy atom. The summed E-state index contributed by atoms with van der Waals surface area (Å²) < 4.78 is 5.43. The number of carbonyl (C=O) groups is 1. The molecule has 0 aromatic heterocycles. The molecular formula is C13H27NO3. The van der Waals surface area contributed by atoms with Gasteiger partial charge < -0.3 is 15.2 Å². The summed E-state index contributed by atoms with van der Waals surface area (Å²) in [7, 11) is 0. The molecule has 0 saturated carbocycles. The standard InChI is InChI=1S/C13H27NO3/c1-5-11(4)12(13(15)16)14-7-9-17-8-6-10(2)3/h10-12,14H,5-9H2,1-4H3,(H,15,16)/t11-,12-/m0/s1. The lowest BCUT2D eigenvalue weighted by molar-refractivity contribution is -0.140. The van der Waals surface area contributed by atoms with Gasteiger partial charge in [0.25, 0.3) is 0 Å². The Kier molecular flexibility index (Phi) is 9.09. The van der Waals surface area contributed by atoms with Crippen molar-refractivity contribution in [1.29, 1.82) is 0 Å². The fourth-order valence-corrected chi connectivity index (χ4v) is 1.48. The third-order valence-electron chi connectivity index (χ3n) is 2.93. The van der Waals surface area contributed by atoms with Crippen LogP contribution in [0.25, 0.3) is 0 Å². The van der Waals surface area contributed by atoms with Crippen molar-refractivity contribution < 1.29 is 14.6 Å². The maximum atomic E-state index is 11.0. The van der Waals surface area contributed by atoms with Crippen LogP contribution in [0, 0.1) is 11.8 Å². The van der Waals surface area contributed by atoms with E-state index in [9.17, 15) is 4.79 Å². The summed E-state index contributed by atoms with van der Waals surface area (Å²) in [6, 6.07) is -0.464. The summed E-state index contributed by atoms with van der Waals surface area (Å²) in [5, 5.41) is 12.1. The molecule has 0 spiro atoms. The number of hydrogen-bond acceptors (Lipinski definition) is 3. The van der Waals surface area contributed by atoms with Crippen LogP contribution in [0.2, 0.25) is 0 Å². The van der Waals surface area contributed by atoms with Gasteiger partial charge in [-0.05, 0) is 18.3 Å². The highest BCUT2D eigenvalue weighted by molar-refractivity contribution is 5.73. The highest BCUT2D eigenvalue weighted by Crippen LogP contribution is 2.07. The van der Waals surface area contributed by atoms with Gasteiger partial charge in [0.15, 0.2) is 0 Å². The molecule has 2 N–H and O–H groups in total. The van der Waals surface area contributed by atoms with Gasteiger partial charge in [-0.2, -0.15) is 0 Å². The number of hydrogen-bond donors (Lipinski definition) is 2. The van der Waals surface area contributed by atoms with E-state index in [0.29, 0.717) is 19.1 Å². The minimum Gasteiger partial charge on any atom is -0.480 e. The third-order valence-corrected chi connectivity index (χ3v) is 2.93. The second kappa shape index (κ2) is 9.42. The molecule has 0 fully saturated rings. The van der Waals surface area contributed by atoms with E-state index in [-0.39, 0.29) is 5.92 Å². The summed E-state index contributed by atoms with van der Waals surface area (Å²) in [6.45, 7) is 10.2. The third kappa shape index (κ3) is 8.16. The Balaban J connectivity index is 3.65. The largest absolute Gasteiger partial charge is 0.480 e. The predicted octanol–water partition coefficient (Wildman–Crippen LogP) is 2.14. The van der Waals surface area contributed by atoms with Gasteiger partial charge in [-0.1, -0.05) is 34.1 Å². The normalized spacial score (nSPS) is 14.9. The van der Waals surface area contributed by atoms with Crippen molar-refractivity contribution in [3.05, 3.63) is 0 Å². The van der Waals surface area contributed by atoms with Gasteiger partial charge in [0.2, 0.25) is 0 Å². The number of aliphatic carboxylic acids is 1. The molecule has 0 amide bonds. The van der Waals surface area contributed by atoms with Crippen LogP contribution < -0.4 is 5.32 Å². The molecule has 0 aromatic rings. The first-order valence-electron chi connectivity index (χ1n) is 6.52. The minimum atomic E-state index is -0.776. The topological polar surface area (TPSA) is 58.6 Å². The summed E-state index contributed by atoms with van der Waals surface area (Å²) in [5.74, 6) is 0.0135. The first-order valence-corrected chi connectivity index (χ1v) is 6.52. The van der Waals surface area contributed by atoms with Crippen LogP contribution in [-0.4, -0.2) is 36.9 Å². The molecule has 0 aliphatic rings. The van der Waals surface area contributed by atoms with Gasteiger partial charge in [-0.15, -0.1) is 0 Å². The fourth-order valence-electron chi connectivity index (χ4n) is 1.48. The maximum absolute atomic E-state index is 11.0. The molecule has 4 heteroatoms. The lowest BCUT2D eigenvalue weighted by atomic mass is 9.99. The van der Waals surface area contributed by atoms with Crippen LogP contribution in [-0.2, 0) is 9.53 Å². The molecule has 0 rings (SSSR count). The van der Waals surface area contributed by atoms with E-state index in [1.807, 2.05) is 13.8 Å². The average Bonchev–Trinajstić information content (AvgIpc) is 2.26. The van der Waals surface area contributed by atoms with E-state index in [1.165, 1.54) is 0 Å². The minimum absolute atomic E-state index is 0.142. The molecule has 4 nitrogen and oxygen atoms in total. The molecule has 0 bridgehead atoms. The highest BCUT2D eigenvalue weighted by atomic mass is 16.5. The van der Waals surface area contributed by atoms with E-state index < -0.39 is 12.0 Å². The second-order valence-corrected chi connectivity index (χ2v) is 4.95. The van der Waals surface area contributed by atoms with Gasteiger partial charge >= 0.3 is 5.97 Å². The Bertz CT molecular complexity index is 207. The van der Waals surface area contributed by atoms with Gasteiger partial charge in [0, 0.05) is 13.2 Å². The van der Waals surface area contributed by atoms with Crippen molar-refractivity contribution in [2.75, 3.05) is 19.8 Å². The lowest BCUT2D eigenvalue weighted by Crippen LogP contribution is -2.43.